The fraction of sp³-hybridized carbons (Fsp3) is 0.143. The molecule has 0 spiro atoms. The van der Waals surface area contributed by atoms with Gasteiger partial charge in [-0.1, -0.05) is 84.9 Å². The molecule has 0 bridgehead atoms. The van der Waals surface area contributed by atoms with Gasteiger partial charge >= 0.3 is 0 Å². The lowest BCUT2D eigenvalue weighted by atomic mass is 9.98. The van der Waals surface area contributed by atoms with E-state index in [1.807, 2.05) is 18.2 Å². The maximum atomic E-state index is 5.81. The lowest BCUT2D eigenvalue weighted by Crippen LogP contribution is -2.00. The zero-order valence-electron chi connectivity index (χ0n) is 12.6. The van der Waals surface area contributed by atoms with Gasteiger partial charge < -0.3 is 4.74 Å². The van der Waals surface area contributed by atoms with E-state index < -0.39 is 0 Å². The maximum absolute atomic E-state index is 5.81. The third kappa shape index (κ3) is 3.84. The van der Waals surface area contributed by atoms with Crippen LogP contribution in [-0.4, -0.2) is 6.61 Å². The summed E-state index contributed by atoms with van der Waals surface area (Å²) in [6, 6.07) is 29.4. The number of benzene rings is 3. The Hall–Kier alpha value is -2.38. The molecule has 110 valence electrons. The molecule has 3 rings (SSSR count). The highest BCUT2D eigenvalue weighted by Gasteiger charge is 2.04. The second-order valence-corrected chi connectivity index (χ2v) is 5.31. The van der Waals surface area contributed by atoms with Crippen molar-refractivity contribution >= 4 is 0 Å². The summed E-state index contributed by atoms with van der Waals surface area (Å²) in [6.45, 7) is 1.41. The number of rotatable bonds is 6. The first-order chi connectivity index (χ1) is 10.9. The molecule has 0 aromatic heterocycles. The van der Waals surface area contributed by atoms with Gasteiger partial charge in [0.15, 0.2) is 0 Å². The van der Waals surface area contributed by atoms with Crippen molar-refractivity contribution in [2.45, 2.75) is 13.0 Å². The van der Waals surface area contributed by atoms with Gasteiger partial charge in [0.05, 0.1) is 13.2 Å². The number of ether oxygens (including phenoxy) is 1. The molecular weight excluding hydrogens is 268 g/mol. The fourth-order valence-corrected chi connectivity index (χ4v) is 2.58. The molecule has 3 aromatic rings. The molecule has 0 atom stereocenters. The third-order valence-corrected chi connectivity index (χ3v) is 3.73. The van der Waals surface area contributed by atoms with Gasteiger partial charge in [0.2, 0.25) is 0 Å². The largest absolute Gasteiger partial charge is 0.376 e. The molecule has 0 aliphatic rings. The van der Waals surface area contributed by atoms with Crippen molar-refractivity contribution in [1.82, 2.24) is 0 Å². The Morgan fingerprint density at radius 1 is 0.636 bits per heavy atom. The van der Waals surface area contributed by atoms with Crippen LogP contribution in [0.1, 0.15) is 11.1 Å². The Balaban J connectivity index is 1.61. The molecule has 0 saturated heterocycles. The van der Waals surface area contributed by atoms with Gasteiger partial charge in [0.1, 0.15) is 0 Å². The molecule has 1 heteroatoms. The molecule has 1 nitrogen and oxygen atoms in total. The molecule has 0 unspecified atom stereocenters. The summed E-state index contributed by atoms with van der Waals surface area (Å²) < 4.78 is 5.81. The molecular formula is C21H20O. The average molecular weight is 288 g/mol. The highest BCUT2D eigenvalue weighted by atomic mass is 16.5. The van der Waals surface area contributed by atoms with Crippen molar-refractivity contribution in [3.8, 4) is 11.1 Å². The molecule has 0 heterocycles. The maximum Gasteiger partial charge on any atom is 0.0717 e. The van der Waals surface area contributed by atoms with Crippen LogP contribution in [0.15, 0.2) is 84.9 Å². The van der Waals surface area contributed by atoms with Gasteiger partial charge in [-0.3, -0.25) is 0 Å². The second-order valence-electron chi connectivity index (χ2n) is 5.31. The Kier molecular flexibility index (Phi) is 5.01. The van der Waals surface area contributed by atoms with Crippen molar-refractivity contribution in [1.29, 1.82) is 0 Å². The molecule has 0 N–H and O–H groups in total. The van der Waals surface area contributed by atoms with Crippen LogP contribution in [0, 0.1) is 0 Å². The molecule has 0 radical (unpaired) electrons. The van der Waals surface area contributed by atoms with Crippen LogP contribution in [0.2, 0.25) is 0 Å². The Morgan fingerprint density at radius 3 is 2.05 bits per heavy atom. The normalized spacial score (nSPS) is 10.5. The van der Waals surface area contributed by atoms with E-state index in [4.69, 9.17) is 4.74 Å². The Bertz CT molecular complexity index is 689. The van der Waals surface area contributed by atoms with Crippen LogP contribution in [0.3, 0.4) is 0 Å². The summed E-state index contributed by atoms with van der Waals surface area (Å²) in [7, 11) is 0. The van der Waals surface area contributed by atoms with Crippen molar-refractivity contribution in [3.63, 3.8) is 0 Å². The lowest BCUT2D eigenvalue weighted by Gasteiger charge is -2.10. The number of hydrogen-bond donors (Lipinski definition) is 0. The summed E-state index contributed by atoms with van der Waals surface area (Å²) in [5, 5.41) is 0. The highest BCUT2D eigenvalue weighted by Crippen LogP contribution is 2.23. The van der Waals surface area contributed by atoms with Crippen molar-refractivity contribution in [2.75, 3.05) is 6.61 Å². The minimum atomic E-state index is 0.675. The van der Waals surface area contributed by atoms with Crippen molar-refractivity contribution < 1.29 is 4.74 Å². The van der Waals surface area contributed by atoms with Crippen molar-refractivity contribution in [3.05, 3.63) is 96.1 Å². The number of hydrogen-bond acceptors (Lipinski definition) is 1. The van der Waals surface area contributed by atoms with E-state index >= 15 is 0 Å². The average Bonchev–Trinajstić information content (AvgIpc) is 2.61. The predicted molar refractivity (Wildman–Crippen MR) is 91.7 cm³/mol. The van der Waals surface area contributed by atoms with E-state index in [-0.39, 0.29) is 0 Å². The first-order valence-electron chi connectivity index (χ1n) is 7.68. The van der Waals surface area contributed by atoms with Crippen LogP contribution in [0.5, 0.6) is 0 Å². The first kappa shape index (κ1) is 14.6. The van der Waals surface area contributed by atoms with E-state index in [1.54, 1.807) is 0 Å². The summed E-state index contributed by atoms with van der Waals surface area (Å²) in [5.41, 5.74) is 5.12. The second kappa shape index (κ2) is 7.58. The van der Waals surface area contributed by atoms with E-state index in [2.05, 4.69) is 66.7 Å². The van der Waals surface area contributed by atoms with E-state index in [0.29, 0.717) is 6.61 Å². The molecule has 0 aliphatic heterocycles. The van der Waals surface area contributed by atoms with Crippen LogP contribution in [0.4, 0.5) is 0 Å². The molecule has 3 aromatic carbocycles. The Labute approximate surface area is 132 Å². The SMILES string of the molecule is c1ccc(COCCc2ccccc2-c2ccccc2)cc1. The van der Waals surface area contributed by atoms with Crippen LogP contribution < -0.4 is 0 Å². The zero-order chi connectivity index (χ0) is 15.0. The molecule has 22 heavy (non-hydrogen) atoms. The molecule has 0 amide bonds. The topological polar surface area (TPSA) is 9.23 Å². The van der Waals surface area contributed by atoms with Crippen LogP contribution in [-0.2, 0) is 17.8 Å². The highest BCUT2D eigenvalue weighted by molar-refractivity contribution is 5.67. The van der Waals surface area contributed by atoms with Crippen LogP contribution >= 0.6 is 0 Å². The van der Waals surface area contributed by atoms with Gasteiger partial charge in [-0.05, 0) is 28.7 Å². The fourth-order valence-electron chi connectivity index (χ4n) is 2.58. The minimum absolute atomic E-state index is 0.675. The third-order valence-electron chi connectivity index (χ3n) is 3.73. The van der Waals surface area contributed by atoms with Crippen LogP contribution in [0.25, 0.3) is 11.1 Å². The summed E-state index contributed by atoms with van der Waals surface area (Å²) >= 11 is 0. The van der Waals surface area contributed by atoms with Crippen molar-refractivity contribution in [2.24, 2.45) is 0 Å². The molecule has 0 fully saturated rings. The lowest BCUT2D eigenvalue weighted by molar-refractivity contribution is 0.124. The van der Waals surface area contributed by atoms with Gasteiger partial charge in [0.25, 0.3) is 0 Å². The standard InChI is InChI=1S/C21H20O/c1-3-9-18(10-4-1)17-22-16-15-20-13-7-8-14-21(20)19-11-5-2-6-12-19/h1-14H,15-17H2. The minimum Gasteiger partial charge on any atom is -0.376 e. The van der Waals surface area contributed by atoms with E-state index in [9.17, 15) is 0 Å². The smallest absolute Gasteiger partial charge is 0.0717 e. The van der Waals surface area contributed by atoms with Gasteiger partial charge in [0, 0.05) is 0 Å². The molecule has 0 saturated carbocycles. The van der Waals surface area contributed by atoms with E-state index in [0.717, 1.165) is 13.0 Å². The summed E-state index contributed by atoms with van der Waals surface area (Å²) in [4.78, 5) is 0. The predicted octanol–water partition coefficient (Wildman–Crippen LogP) is 5.11. The zero-order valence-corrected chi connectivity index (χ0v) is 12.6. The quantitative estimate of drug-likeness (QED) is 0.572. The van der Waals surface area contributed by atoms with E-state index in [1.165, 1.54) is 22.3 Å². The molecule has 0 aliphatic carbocycles. The van der Waals surface area contributed by atoms with Gasteiger partial charge in [-0.25, -0.2) is 0 Å². The summed E-state index contributed by atoms with van der Waals surface area (Å²) in [5.74, 6) is 0. The first-order valence-corrected chi connectivity index (χ1v) is 7.68. The van der Waals surface area contributed by atoms with Gasteiger partial charge in [-0.2, -0.15) is 0 Å². The monoisotopic (exact) mass is 288 g/mol. The summed E-state index contributed by atoms with van der Waals surface area (Å²) in [6.07, 6.45) is 0.928. The Morgan fingerprint density at radius 2 is 1.27 bits per heavy atom. The van der Waals surface area contributed by atoms with Gasteiger partial charge in [-0.15, -0.1) is 0 Å².